The molecule has 128 valence electrons. The van der Waals surface area contributed by atoms with Gasteiger partial charge in [-0.15, -0.1) is 0 Å². The summed E-state index contributed by atoms with van der Waals surface area (Å²) in [6.45, 7) is 1.96. The molecule has 9 heteroatoms. The van der Waals surface area contributed by atoms with Gasteiger partial charge in [-0.1, -0.05) is 0 Å². The molecular weight excluding hydrogens is 338 g/mol. The minimum absolute atomic E-state index is 0.0534. The van der Waals surface area contributed by atoms with Crippen LogP contribution in [0.25, 0.3) is 0 Å². The lowest BCUT2D eigenvalue weighted by atomic mass is 9.95. The van der Waals surface area contributed by atoms with E-state index in [4.69, 9.17) is 0 Å². The predicted octanol–water partition coefficient (Wildman–Crippen LogP) is -0.0328. The molecule has 3 rings (SSSR count). The molecule has 0 amide bonds. The van der Waals surface area contributed by atoms with E-state index in [0.717, 1.165) is 19.4 Å². The topological polar surface area (TPSA) is 95.6 Å². The fourth-order valence-corrected chi connectivity index (χ4v) is 5.53. The van der Waals surface area contributed by atoms with Crippen LogP contribution in [0.4, 0.5) is 0 Å². The summed E-state index contributed by atoms with van der Waals surface area (Å²) < 4.78 is 52.6. The van der Waals surface area contributed by atoms with Gasteiger partial charge in [0.05, 0.1) is 9.79 Å². The van der Waals surface area contributed by atoms with E-state index in [1.165, 1.54) is 35.6 Å². The van der Waals surface area contributed by atoms with E-state index in [1.54, 1.807) is 0 Å². The van der Waals surface area contributed by atoms with E-state index in [9.17, 15) is 16.8 Å². The van der Waals surface area contributed by atoms with Gasteiger partial charge in [-0.3, -0.25) is 0 Å². The highest BCUT2D eigenvalue weighted by molar-refractivity contribution is 7.89. The molecule has 1 aromatic carbocycles. The maximum Gasteiger partial charge on any atom is 0.243 e. The van der Waals surface area contributed by atoms with Gasteiger partial charge >= 0.3 is 0 Å². The standard InChI is InChI=1S/C14H21N3O4S2/c1-15-22(18,19)12-2-4-13(5-3-12)23(20,21)17-9-7-14-11(10-17)6-8-16-14/h2-5,11,14-16H,6-10H2,1H3. The molecule has 0 bridgehead atoms. The van der Waals surface area contributed by atoms with Gasteiger partial charge in [-0.2, -0.15) is 4.31 Å². The molecule has 2 aliphatic heterocycles. The number of hydrogen-bond donors (Lipinski definition) is 2. The number of piperidine rings is 1. The van der Waals surface area contributed by atoms with E-state index in [-0.39, 0.29) is 9.79 Å². The summed E-state index contributed by atoms with van der Waals surface area (Å²) in [5.41, 5.74) is 0. The predicted molar refractivity (Wildman–Crippen MR) is 86.0 cm³/mol. The minimum Gasteiger partial charge on any atom is -0.314 e. The number of benzene rings is 1. The van der Waals surface area contributed by atoms with E-state index < -0.39 is 20.0 Å². The molecule has 2 atom stereocenters. The van der Waals surface area contributed by atoms with Crippen molar-refractivity contribution in [1.82, 2.24) is 14.3 Å². The van der Waals surface area contributed by atoms with Crippen molar-refractivity contribution in [2.45, 2.75) is 28.7 Å². The molecule has 2 heterocycles. The van der Waals surface area contributed by atoms with Crippen molar-refractivity contribution in [3.63, 3.8) is 0 Å². The fraction of sp³-hybridized carbons (Fsp3) is 0.571. The van der Waals surface area contributed by atoms with Gasteiger partial charge in [0.25, 0.3) is 0 Å². The van der Waals surface area contributed by atoms with Gasteiger partial charge in [-0.25, -0.2) is 21.6 Å². The van der Waals surface area contributed by atoms with Crippen molar-refractivity contribution < 1.29 is 16.8 Å². The Labute approximate surface area is 137 Å². The Morgan fingerprint density at radius 1 is 1.09 bits per heavy atom. The zero-order valence-corrected chi connectivity index (χ0v) is 14.5. The maximum absolute atomic E-state index is 12.7. The Morgan fingerprint density at radius 2 is 1.74 bits per heavy atom. The van der Waals surface area contributed by atoms with E-state index >= 15 is 0 Å². The normalized spacial score (nSPS) is 26.1. The highest BCUT2D eigenvalue weighted by atomic mass is 32.2. The number of rotatable bonds is 4. The second-order valence-corrected chi connectivity index (χ2v) is 9.76. The Hall–Kier alpha value is -1.00. The third kappa shape index (κ3) is 3.16. The van der Waals surface area contributed by atoms with Gasteiger partial charge < -0.3 is 5.32 Å². The number of fused-ring (bicyclic) bond motifs is 1. The van der Waals surface area contributed by atoms with Crippen LogP contribution >= 0.6 is 0 Å². The van der Waals surface area contributed by atoms with Crippen molar-refractivity contribution in [2.75, 3.05) is 26.7 Å². The number of nitrogens with zero attached hydrogens (tertiary/aromatic N) is 1. The largest absolute Gasteiger partial charge is 0.314 e. The molecule has 2 saturated heterocycles. The van der Waals surface area contributed by atoms with E-state index in [2.05, 4.69) is 10.0 Å². The summed E-state index contributed by atoms with van der Waals surface area (Å²) >= 11 is 0. The smallest absolute Gasteiger partial charge is 0.243 e. The average Bonchev–Trinajstić information content (AvgIpc) is 3.02. The first-order valence-electron chi connectivity index (χ1n) is 7.62. The van der Waals surface area contributed by atoms with Crippen molar-refractivity contribution in [3.8, 4) is 0 Å². The van der Waals surface area contributed by atoms with Crippen LogP contribution in [0.15, 0.2) is 34.1 Å². The van der Waals surface area contributed by atoms with Gasteiger partial charge in [0.1, 0.15) is 0 Å². The van der Waals surface area contributed by atoms with E-state index in [1.807, 2.05) is 0 Å². The number of sulfonamides is 2. The first-order valence-corrected chi connectivity index (χ1v) is 10.5. The minimum atomic E-state index is -3.58. The van der Waals surface area contributed by atoms with Gasteiger partial charge in [0.2, 0.25) is 20.0 Å². The molecule has 2 N–H and O–H groups in total. The zero-order valence-electron chi connectivity index (χ0n) is 12.9. The first kappa shape index (κ1) is 16.8. The Balaban J connectivity index is 1.82. The third-order valence-corrected chi connectivity index (χ3v) is 7.97. The molecule has 23 heavy (non-hydrogen) atoms. The van der Waals surface area contributed by atoms with Crippen LogP contribution in [-0.2, 0) is 20.0 Å². The maximum atomic E-state index is 12.7. The van der Waals surface area contributed by atoms with Crippen molar-refractivity contribution in [3.05, 3.63) is 24.3 Å². The monoisotopic (exact) mass is 359 g/mol. The summed E-state index contributed by atoms with van der Waals surface area (Å²) in [6, 6.07) is 5.78. The average molecular weight is 359 g/mol. The Morgan fingerprint density at radius 3 is 2.39 bits per heavy atom. The quantitative estimate of drug-likeness (QED) is 0.787. The third-order valence-electron chi connectivity index (χ3n) is 4.66. The van der Waals surface area contributed by atoms with Crippen LogP contribution in [0.3, 0.4) is 0 Å². The molecule has 0 spiro atoms. The van der Waals surface area contributed by atoms with Gasteiger partial charge in [0.15, 0.2) is 0 Å². The van der Waals surface area contributed by atoms with Crippen LogP contribution in [-0.4, -0.2) is 53.9 Å². The van der Waals surface area contributed by atoms with Gasteiger partial charge in [-0.05, 0) is 56.6 Å². The summed E-state index contributed by atoms with van der Waals surface area (Å²) in [5, 5.41) is 3.41. The van der Waals surface area contributed by atoms with Crippen LogP contribution < -0.4 is 10.0 Å². The summed E-state index contributed by atoms with van der Waals surface area (Å²) in [4.78, 5) is 0.189. The molecule has 0 saturated carbocycles. The van der Waals surface area contributed by atoms with Crippen molar-refractivity contribution in [1.29, 1.82) is 0 Å². The second kappa shape index (κ2) is 6.14. The fourth-order valence-electron chi connectivity index (χ4n) is 3.29. The summed E-state index contributed by atoms with van der Waals surface area (Å²) in [5.74, 6) is 0.363. The molecule has 7 nitrogen and oxygen atoms in total. The van der Waals surface area contributed by atoms with Gasteiger partial charge in [0, 0.05) is 19.1 Å². The Kier molecular flexibility index (Phi) is 4.49. The SMILES string of the molecule is CNS(=O)(=O)c1ccc(S(=O)(=O)N2CCC3NCCC3C2)cc1. The molecule has 0 aromatic heterocycles. The molecule has 2 unspecified atom stereocenters. The van der Waals surface area contributed by atoms with Crippen LogP contribution in [0.1, 0.15) is 12.8 Å². The molecule has 2 aliphatic rings. The van der Waals surface area contributed by atoms with Crippen LogP contribution in [0.2, 0.25) is 0 Å². The Bertz CT molecular complexity index is 775. The molecule has 2 fully saturated rings. The van der Waals surface area contributed by atoms with E-state index in [0.29, 0.717) is 25.0 Å². The van der Waals surface area contributed by atoms with Crippen LogP contribution in [0.5, 0.6) is 0 Å². The first-order chi connectivity index (χ1) is 10.8. The highest BCUT2D eigenvalue weighted by Gasteiger charge is 2.37. The number of nitrogens with one attached hydrogen (secondary N) is 2. The molecule has 0 aliphatic carbocycles. The lowest BCUT2D eigenvalue weighted by molar-refractivity contribution is 0.247. The number of hydrogen-bond acceptors (Lipinski definition) is 5. The van der Waals surface area contributed by atoms with Crippen molar-refractivity contribution >= 4 is 20.0 Å². The lowest BCUT2D eigenvalue weighted by Gasteiger charge is -2.34. The lowest BCUT2D eigenvalue weighted by Crippen LogP contribution is -2.46. The summed E-state index contributed by atoms with van der Waals surface area (Å²) in [6.07, 6.45) is 1.81. The highest BCUT2D eigenvalue weighted by Crippen LogP contribution is 2.28. The van der Waals surface area contributed by atoms with Crippen LogP contribution in [0, 0.1) is 5.92 Å². The molecular formula is C14H21N3O4S2. The summed E-state index contributed by atoms with van der Waals surface area (Å²) in [7, 11) is -5.82. The zero-order chi connectivity index (χ0) is 16.7. The molecule has 1 aromatic rings. The second-order valence-electron chi connectivity index (χ2n) is 5.94. The van der Waals surface area contributed by atoms with Crippen molar-refractivity contribution in [2.24, 2.45) is 5.92 Å². The molecule has 0 radical (unpaired) electrons.